The van der Waals surface area contributed by atoms with Gasteiger partial charge < -0.3 is 5.11 Å². The van der Waals surface area contributed by atoms with Crippen LogP contribution in [0.3, 0.4) is 0 Å². The molecule has 0 saturated heterocycles. The lowest BCUT2D eigenvalue weighted by Crippen LogP contribution is -2.35. The van der Waals surface area contributed by atoms with Gasteiger partial charge >= 0.3 is 0 Å². The zero-order valence-electron chi connectivity index (χ0n) is 11.0. The molecule has 1 aromatic carbocycles. The summed E-state index contributed by atoms with van der Waals surface area (Å²) in [5.74, 6) is 5.74. The largest absolute Gasteiger partial charge is 0.395 e. The Balaban J connectivity index is 2.74. The Morgan fingerprint density at radius 1 is 1.32 bits per heavy atom. The van der Waals surface area contributed by atoms with Gasteiger partial charge in [-0.25, -0.2) is 4.72 Å². The van der Waals surface area contributed by atoms with Crippen molar-refractivity contribution in [1.29, 1.82) is 0 Å². The van der Waals surface area contributed by atoms with Crippen molar-refractivity contribution < 1.29 is 13.5 Å². The molecule has 0 amide bonds. The van der Waals surface area contributed by atoms with E-state index in [0.717, 1.165) is 11.1 Å². The Labute approximate surface area is 114 Å². The first-order valence-electron chi connectivity index (χ1n) is 5.89. The second-order valence-electron chi connectivity index (χ2n) is 3.94. The number of rotatable bonds is 5. The minimum atomic E-state index is -3.45. The molecule has 0 aliphatic heterocycles. The van der Waals surface area contributed by atoms with Crippen LogP contribution in [0.15, 0.2) is 24.3 Å². The van der Waals surface area contributed by atoms with Crippen molar-refractivity contribution >= 4 is 10.2 Å². The Hall–Kier alpha value is -1.39. The van der Waals surface area contributed by atoms with Crippen LogP contribution >= 0.6 is 0 Å². The molecule has 0 fully saturated rings. The molecule has 1 atom stereocenters. The van der Waals surface area contributed by atoms with Gasteiger partial charge in [-0.3, -0.25) is 0 Å². The fourth-order valence-electron chi connectivity index (χ4n) is 1.44. The highest BCUT2D eigenvalue weighted by molar-refractivity contribution is 7.87. The minimum absolute atomic E-state index is 0.0495. The van der Waals surface area contributed by atoms with Gasteiger partial charge in [0.25, 0.3) is 10.2 Å². The Bertz CT molecular complexity index is 556. The third-order valence-electron chi connectivity index (χ3n) is 2.48. The second-order valence-corrected chi connectivity index (χ2v) is 5.60. The molecule has 6 heteroatoms. The predicted molar refractivity (Wildman–Crippen MR) is 74.6 cm³/mol. The van der Waals surface area contributed by atoms with Crippen molar-refractivity contribution in [2.24, 2.45) is 0 Å². The van der Waals surface area contributed by atoms with Crippen molar-refractivity contribution in [3.8, 4) is 11.8 Å². The number of benzene rings is 1. The monoisotopic (exact) mass is 282 g/mol. The normalized spacial score (nSPS) is 12.6. The first-order valence-corrected chi connectivity index (χ1v) is 7.37. The van der Waals surface area contributed by atoms with Crippen molar-refractivity contribution in [3.63, 3.8) is 0 Å². The summed E-state index contributed by atoms with van der Waals surface area (Å²) in [6.07, 6.45) is 0.445. The molecule has 0 saturated carbocycles. The van der Waals surface area contributed by atoms with Crippen LogP contribution in [0.2, 0.25) is 0 Å². The zero-order chi connectivity index (χ0) is 14.3. The fourth-order valence-corrected chi connectivity index (χ4v) is 2.15. The summed E-state index contributed by atoms with van der Waals surface area (Å²) < 4.78 is 27.4. The van der Waals surface area contributed by atoms with E-state index < -0.39 is 10.2 Å². The van der Waals surface area contributed by atoms with Crippen LogP contribution in [0, 0.1) is 11.8 Å². The zero-order valence-corrected chi connectivity index (χ0v) is 11.8. The first-order chi connectivity index (χ1) is 8.98. The third kappa shape index (κ3) is 5.41. The van der Waals surface area contributed by atoms with E-state index in [1.807, 2.05) is 24.3 Å². The van der Waals surface area contributed by atoms with E-state index in [1.54, 1.807) is 6.92 Å². The van der Waals surface area contributed by atoms with Gasteiger partial charge in [-0.1, -0.05) is 24.0 Å². The molecule has 0 aliphatic carbocycles. The lowest BCUT2D eigenvalue weighted by molar-refractivity contribution is 0.305. The van der Waals surface area contributed by atoms with E-state index in [1.165, 1.54) is 7.05 Å². The van der Waals surface area contributed by atoms with Gasteiger partial charge in [-0.2, -0.15) is 13.1 Å². The van der Waals surface area contributed by atoms with Crippen molar-refractivity contribution in [3.05, 3.63) is 35.4 Å². The maximum absolute atomic E-state index is 11.4. The van der Waals surface area contributed by atoms with Gasteiger partial charge in [0.05, 0.1) is 6.61 Å². The Kier molecular flexibility index (Phi) is 5.99. The van der Waals surface area contributed by atoms with Gasteiger partial charge in [0.1, 0.15) is 0 Å². The highest BCUT2D eigenvalue weighted by atomic mass is 32.2. The highest BCUT2D eigenvalue weighted by Crippen LogP contribution is 2.13. The topological polar surface area (TPSA) is 78.4 Å². The second kappa shape index (κ2) is 7.26. The van der Waals surface area contributed by atoms with Crippen LogP contribution in [-0.2, 0) is 10.2 Å². The van der Waals surface area contributed by atoms with E-state index in [9.17, 15) is 8.42 Å². The summed E-state index contributed by atoms with van der Waals surface area (Å²) in [7, 11) is -2.09. The highest BCUT2D eigenvalue weighted by Gasteiger charge is 2.12. The summed E-state index contributed by atoms with van der Waals surface area (Å²) in [6.45, 7) is 1.81. The summed E-state index contributed by atoms with van der Waals surface area (Å²) in [5.41, 5.74) is 1.69. The average Bonchev–Trinajstić information content (AvgIpc) is 2.39. The average molecular weight is 282 g/mol. The van der Waals surface area contributed by atoms with Crippen LogP contribution in [-0.4, -0.2) is 27.2 Å². The minimum Gasteiger partial charge on any atom is -0.395 e. The van der Waals surface area contributed by atoms with Crippen molar-refractivity contribution in [2.45, 2.75) is 19.4 Å². The van der Waals surface area contributed by atoms with E-state index >= 15 is 0 Å². The molecule has 5 nitrogen and oxygen atoms in total. The van der Waals surface area contributed by atoms with Crippen LogP contribution in [0.4, 0.5) is 0 Å². The molecular weight excluding hydrogens is 264 g/mol. The molecule has 0 aliphatic rings. The maximum atomic E-state index is 11.4. The van der Waals surface area contributed by atoms with Gasteiger partial charge in [-0.15, -0.1) is 0 Å². The molecule has 1 aromatic rings. The first kappa shape index (κ1) is 15.7. The van der Waals surface area contributed by atoms with E-state index in [4.69, 9.17) is 5.11 Å². The van der Waals surface area contributed by atoms with Crippen LogP contribution in [0.5, 0.6) is 0 Å². The molecule has 19 heavy (non-hydrogen) atoms. The quantitative estimate of drug-likeness (QED) is 0.690. The maximum Gasteiger partial charge on any atom is 0.277 e. The molecule has 0 bridgehead atoms. The lowest BCUT2D eigenvalue weighted by atomic mass is 10.1. The SMILES string of the molecule is CNS(=O)(=O)NC(C)c1ccc(C#CCCO)cc1. The summed E-state index contributed by atoms with van der Waals surface area (Å²) in [6, 6.07) is 6.97. The summed E-state index contributed by atoms with van der Waals surface area (Å²) >= 11 is 0. The van der Waals surface area contributed by atoms with Gasteiger partial charge in [0.15, 0.2) is 0 Å². The number of hydrogen-bond donors (Lipinski definition) is 3. The molecular formula is C13H18N2O3S. The fraction of sp³-hybridized carbons (Fsp3) is 0.385. The van der Waals surface area contributed by atoms with Gasteiger partial charge in [-0.05, 0) is 24.6 Å². The van der Waals surface area contributed by atoms with Gasteiger partial charge in [0.2, 0.25) is 0 Å². The molecule has 104 valence electrons. The number of nitrogens with one attached hydrogen (secondary N) is 2. The lowest BCUT2D eigenvalue weighted by Gasteiger charge is -2.13. The molecule has 0 radical (unpaired) electrons. The van der Waals surface area contributed by atoms with E-state index in [2.05, 4.69) is 21.3 Å². The van der Waals surface area contributed by atoms with Gasteiger partial charge in [0, 0.05) is 25.1 Å². The summed E-state index contributed by atoms with van der Waals surface area (Å²) in [4.78, 5) is 0. The summed E-state index contributed by atoms with van der Waals surface area (Å²) in [5, 5.41) is 8.62. The molecule has 1 rings (SSSR count). The number of aliphatic hydroxyl groups excluding tert-OH is 1. The van der Waals surface area contributed by atoms with E-state index in [0.29, 0.717) is 6.42 Å². The van der Waals surface area contributed by atoms with Crippen LogP contribution < -0.4 is 9.44 Å². The van der Waals surface area contributed by atoms with Crippen LogP contribution in [0.1, 0.15) is 30.5 Å². The van der Waals surface area contributed by atoms with Crippen molar-refractivity contribution in [1.82, 2.24) is 9.44 Å². The van der Waals surface area contributed by atoms with Crippen molar-refractivity contribution in [2.75, 3.05) is 13.7 Å². The molecule has 1 unspecified atom stereocenters. The number of hydrogen-bond acceptors (Lipinski definition) is 3. The third-order valence-corrected chi connectivity index (χ3v) is 3.68. The van der Waals surface area contributed by atoms with Crippen LogP contribution in [0.25, 0.3) is 0 Å². The molecule has 3 N–H and O–H groups in total. The number of aliphatic hydroxyl groups is 1. The molecule has 0 heterocycles. The standard InChI is InChI=1S/C13H18N2O3S/c1-11(15-19(17,18)14-2)13-8-6-12(7-9-13)5-3-4-10-16/h6-9,11,14-16H,4,10H2,1-2H3. The Morgan fingerprint density at radius 3 is 2.47 bits per heavy atom. The molecule has 0 spiro atoms. The molecule has 0 aromatic heterocycles. The Morgan fingerprint density at radius 2 is 1.95 bits per heavy atom. The predicted octanol–water partition coefficient (Wildman–Crippen LogP) is 0.535. The van der Waals surface area contributed by atoms with E-state index in [-0.39, 0.29) is 12.6 Å². The smallest absolute Gasteiger partial charge is 0.277 e.